The maximum absolute atomic E-state index is 11.2. The first-order chi connectivity index (χ1) is 6.45. The Balaban J connectivity index is 3.77. The van der Waals surface area contributed by atoms with E-state index in [1.54, 1.807) is 0 Å². The lowest BCUT2D eigenvalue weighted by atomic mass is 10.2. The van der Waals surface area contributed by atoms with Crippen LogP contribution in [0.5, 0.6) is 0 Å². The van der Waals surface area contributed by atoms with Gasteiger partial charge < -0.3 is 10.6 Å². The van der Waals surface area contributed by atoms with Crippen LogP contribution in [0.2, 0.25) is 0 Å². The van der Waals surface area contributed by atoms with Gasteiger partial charge in [-0.05, 0) is 27.2 Å². The molecule has 1 atom stereocenters. The molecule has 0 rings (SSSR count). The molecule has 0 fully saturated rings. The predicted molar refractivity (Wildman–Crippen MR) is 55.8 cm³/mol. The third-order valence-corrected chi connectivity index (χ3v) is 1.79. The Hall–Kier alpha value is -1.06. The monoisotopic (exact) mass is 200 g/mol. The number of carbonyl (C=O) groups excluding carboxylic acids is 2. The predicted octanol–water partition coefficient (Wildman–Crippen LogP) is 0.816. The second-order valence-electron chi connectivity index (χ2n) is 3.78. The molecule has 0 aromatic carbocycles. The first kappa shape index (κ1) is 12.9. The van der Waals surface area contributed by atoms with Crippen molar-refractivity contribution in [3.8, 4) is 0 Å². The normalized spacial score (nSPS) is 12.4. The van der Waals surface area contributed by atoms with Crippen LogP contribution in [0.1, 0.15) is 40.5 Å². The molecule has 0 aliphatic carbocycles. The fourth-order valence-electron chi connectivity index (χ4n) is 0.947. The molecule has 4 heteroatoms. The van der Waals surface area contributed by atoms with Crippen molar-refractivity contribution in [2.75, 3.05) is 0 Å². The lowest BCUT2D eigenvalue weighted by Gasteiger charge is -2.12. The summed E-state index contributed by atoms with van der Waals surface area (Å²) in [5, 5.41) is 5.40. The summed E-state index contributed by atoms with van der Waals surface area (Å²) in [7, 11) is 0. The molecular weight excluding hydrogens is 180 g/mol. The lowest BCUT2D eigenvalue weighted by molar-refractivity contribution is -0.129. The van der Waals surface area contributed by atoms with Gasteiger partial charge in [-0.25, -0.2) is 0 Å². The average Bonchev–Trinajstić information content (AvgIpc) is 2.01. The molecule has 82 valence electrons. The Bertz CT molecular complexity index is 202. The zero-order valence-corrected chi connectivity index (χ0v) is 9.39. The topological polar surface area (TPSA) is 58.2 Å². The number of hydrogen-bond acceptors (Lipinski definition) is 2. The Kier molecular flexibility index (Phi) is 5.92. The molecule has 0 aliphatic rings. The van der Waals surface area contributed by atoms with Gasteiger partial charge >= 0.3 is 0 Å². The van der Waals surface area contributed by atoms with Gasteiger partial charge in [0, 0.05) is 12.1 Å². The fraction of sp³-hybridized carbons (Fsp3) is 0.800. The molecule has 0 heterocycles. The number of nitrogens with one attached hydrogen (secondary N) is 2. The number of hydrogen-bond donors (Lipinski definition) is 2. The average molecular weight is 200 g/mol. The molecule has 4 nitrogen and oxygen atoms in total. The summed E-state index contributed by atoms with van der Waals surface area (Å²) in [6.07, 6.45) is 0.792. The highest BCUT2D eigenvalue weighted by molar-refractivity contribution is 5.97. The van der Waals surface area contributed by atoms with Crippen LogP contribution in [0.4, 0.5) is 0 Å². The van der Waals surface area contributed by atoms with Gasteiger partial charge in [0.25, 0.3) is 0 Å². The molecule has 0 aliphatic heterocycles. The van der Waals surface area contributed by atoms with Gasteiger partial charge in [-0.3, -0.25) is 9.59 Å². The van der Waals surface area contributed by atoms with E-state index in [-0.39, 0.29) is 30.3 Å². The van der Waals surface area contributed by atoms with Gasteiger partial charge in [-0.15, -0.1) is 0 Å². The van der Waals surface area contributed by atoms with Gasteiger partial charge in [0.15, 0.2) is 0 Å². The summed E-state index contributed by atoms with van der Waals surface area (Å²) in [5.41, 5.74) is 0. The van der Waals surface area contributed by atoms with E-state index in [2.05, 4.69) is 10.6 Å². The Morgan fingerprint density at radius 1 is 1.07 bits per heavy atom. The zero-order chi connectivity index (χ0) is 11.1. The third-order valence-electron chi connectivity index (χ3n) is 1.79. The summed E-state index contributed by atoms with van der Waals surface area (Å²) >= 11 is 0. The van der Waals surface area contributed by atoms with Crippen molar-refractivity contribution in [2.45, 2.75) is 52.6 Å². The molecule has 0 spiro atoms. The maximum Gasteiger partial charge on any atom is 0.229 e. The van der Waals surface area contributed by atoms with Crippen LogP contribution in [-0.2, 0) is 9.59 Å². The van der Waals surface area contributed by atoms with Crippen LogP contribution in [-0.4, -0.2) is 23.9 Å². The highest BCUT2D eigenvalue weighted by Crippen LogP contribution is 1.90. The van der Waals surface area contributed by atoms with Crippen LogP contribution >= 0.6 is 0 Å². The first-order valence-electron chi connectivity index (χ1n) is 5.04. The molecule has 2 amide bonds. The molecule has 0 radical (unpaired) electrons. The van der Waals surface area contributed by atoms with E-state index in [1.165, 1.54) is 0 Å². The van der Waals surface area contributed by atoms with Crippen molar-refractivity contribution in [2.24, 2.45) is 0 Å². The van der Waals surface area contributed by atoms with Crippen molar-refractivity contribution in [1.82, 2.24) is 10.6 Å². The highest BCUT2D eigenvalue weighted by atomic mass is 16.2. The first-order valence-corrected chi connectivity index (χ1v) is 5.04. The fourth-order valence-corrected chi connectivity index (χ4v) is 0.947. The maximum atomic E-state index is 11.2. The van der Waals surface area contributed by atoms with E-state index in [0.29, 0.717) is 0 Å². The van der Waals surface area contributed by atoms with E-state index in [9.17, 15) is 9.59 Å². The molecule has 1 unspecified atom stereocenters. The number of rotatable bonds is 5. The second kappa shape index (κ2) is 6.40. The summed E-state index contributed by atoms with van der Waals surface area (Å²) in [6, 6.07) is 0.216. The molecule has 0 saturated heterocycles. The molecule has 0 bridgehead atoms. The molecule has 14 heavy (non-hydrogen) atoms. The van der Waals surface area contributed by atoms with Crippen LogP contribution in [0.15, 0.2) is 0 Å². The third kappa shape index (κ3) is 6.46. The largest absolute Gasteiger partial charge is 0.353 e. The minimum atomic E-state index is -0.221. The number of carbonyl (C=O) groups is 2. The molecular formula is C10H20N2O2. The van der Waals surface area contributed by atoms with E-state index in [4.69, 9.17) is 0 Å². The minimum Gasteiger partial charge on any atom is -0.353 e. The van der Waals surface area contributed by atoms with E-state index in [0.717, 1.165) is 6.42 Å². The quantitative estimate of drug-likeness (QED) is 0.645. The van der Waals surface area contributed by atoms with Crippen molar-refractivity contribution in [3.63, 3.8) is 0 Å². The standard InChI is InChI=1S/C10H20N2O2/c1-5-8(4)12-10(14)6-9(13)11-7(2)3/h7-8H,5-6H2,1-4H3,(H,11,13)(H,12,14). The van der Waals surface area contributed by atoms with Crippen molar-refractivity contribution >= 4 is 11.8 Å². The molecule has 0 aromatic rings. The zero-order valence-electron chi connectivity index (χ0n) is 9.39. The Morgan fingerprint density at radius 2 is 1.57 bits per heavy atom. The van der Waals surface area contributed by atoms with Gasteiger partial charge in [-0.1, -0.05) is 6.92 Å². The SMILES string of the molecule is CCC(C)NC(=O)CC(=O)NC(C)C. The van der Waals surface area contributed by atoms with Crippen LogP contribution < -0.4 is 10.6 Å². The van der Waals surface area contributed by atoms with Crippen molar-refractivity contribution in [1.29, 1.82) is 0 Å². The van der Waals surface area contributed by atoms with E-state index < -0.39 is 0 Å². The molecule has 0 saturated carbocycles. The molecule has 2 N–H and O–H groups in total. The van der Waals surface area contributed by atoms with Gasteiger partial charge in [0.1, 0.15) is 6.42 Å². The van der Waals surface area contributed by atoms with Gasteiger partial charge in [-0.2, -0.15) is 0 Å². The summed E-state index contributed by atoms with van der Waals surface area (Å²) in [6.45, 7) is 7.63. The lowest BCUT2D eigenvalue weighted by Crippen LogP contribution is -2.38. The van der Waals surface area contributed by atoms with Gasteiger partial charge in [0.2, 0.25) is 11.8 Å². The molecule has 0 aromatic heterocycles. The highest BCUT2D eigenvalue weighted by Gasteiger charge is 2.11. The smallest absolute Gasteiger partial charge is 0.229 e. The summed E-state index contributed by atoms with van der Waals surface area (Å²) < 4.78 is 0. The van der Waals surface area contributed by atoms with Gasteiger partial charge in [0.05, 0.1) is 0 Å². The van der Waals surface area contributed by atoms with Crippen LogP contribution in [0.25, 0.3) is 0 Å². The van der Waals surface area contributed by atoms with Crippen molar-refractivity contribution < 1.29 is 9.59 Å². The number of amides is 2. The van der Waals surface area contributed by atoms with E-state index >= 15 is 0 Å². The second-order valence-corrected chi connectivity index (χ2v) is 3.78. The summed E-state index contributed by atoms with van der Waals surface area (Å²) in [5.74, 6) is -0.432. The van der Waals surface area contributed by atoms with Crippen molar-refractivity contribution in [3.05, 3.63) is 0 Å². The Morgan fingerprint density at radius 3 is 2.00 bits per heavy atom. The summed E-state index contributed by atoms with van der Waals surface area (Å²) in [4.78, 5) is 22.4. The van der Waals surface area contributed by atoms with E-state index in [1.807, 2.05) is 27.7 Å². The van der Waals surface area contributed by atoms with Crippen LogP contribution in [0.3, 0.4) is 0 Å². The minimum absolute atomic E-state index is 0.0808. The van der Waals surface area contributed by atoms with Crippen LogP contribution in [0, 0.1) is 0 Å². The Labute approximate surface area is 85.4 Å².